The molecule has 0 radical (unpaired) electrons. The molecule has 17 heavy (non-hydrogen) atoms. The molecule has 2 aromatic rings. The fourth-order valence-corrected chi connectivity index (χ4v) is 2.54. The van der Waals surface area contributed by atoms with Crippen LogP contribution in [0.25, 0.3) is 10.8 Å². The highest BCUT2D eigenvalue weighted by molar-refractivity contribution is 7.98. The van der Waals surface area contributed by atoms with E-state index in [1.807, 2.05) is 11.8 Å². The smallest absolute Gasteiger partial charge is 0.0237 e. The van der Waals surface area contributed by atoms with Crippen LogP contribution < -0.4 is 0 Å². The second-order valence-electron chi connectivity index (χ2n) is 4.37. The van der Waals surface area contributed by atoms with Gasteiger partial charge in [-0.25, -0.2) is 0 Å². The van der Waals surface area contributed by atoms with E-state index in [4.69, 9.17) is 0 Å². The van der Waals surface area contributed by atoms with Gasteiger partial charge in [0.1, 0.15) is 0 Å². The van der Waals surface area contributed by atoms with Crippen molar-refractivity contribution in [3.05, 3.63) is 48.0 Å². The van der Waals surface area contributed by atoms with Crippen LogP contribution in [-0.2, 0) is 6.54 Å². The van der Waals surface area contributed by atoms with Crippen molar-refractivity contribution in [3.63, 3.8) is 0 Å². The van der Waals surface area contributed by atoms with Gasteiger partial charge in [-0.3, -0.25) is 0 Å². The number of fused-ring (bicyclic) bond motifs is 1. The predicted molar refractivity (Wildman–Crippen MR) is 78.7 cm³/mol. The topological polar surface area (TPSA) is 3.24 Å². The molecule has 0 saturated carbocycles. The number of rotatable bonds is 5. The van der Waals surface area contributed by atoms with Crippen molar-refractivity contribution in [1.29, 1.82) is 0 Å². The first-order valence-electron chi connectivity index (χ1n) is 5.95. The van der Waals surface area contributed by atoms with Gasteiger partial charge in [-0.1, -0.05) is 42.5 Å². The molecule has 1 nitrogen and oxygen atoms in total. The molecule has 90 valence electrons. The Bertz CT molecular complexity index is 476. The molecule has 0 saturated heterocycles. The van der Waals surface area contributed by atoms with Crippen molar-refractivity contribution in [3.8, 4) is 0 Å². The Balaban J connectivity index is 2.18. The molecule has 0 atom stereocenters. The molecule has 0 spiro atoms. The van der Waals surface area contributed by atoms with Gasteiger partial charge in [-0.05, 0) is 29.6 Å². The molecule has 0 aromatic heterocycles. The Morgan fingerprint density at radius 3 is 2.65 bits per heavy atom. The minimum Gasteiger partial charge on any atom is -0.301 e. The minimum atomic E-state index is 1.03. The standard InChI is InChI=1S/C15H19NS/c1-16(10-11-17-2)12-14-8-5-7-13-6-3-4-9-15(13)14/h3-9H,10-12H2,1-2H3. The van der Waals surface area contributed by atoms with Gasteiger partial charge in [0.2, 0.25) is 0 Å². The zero-order valence-corrected chi connectivity index (χ0v) is 11.3. The molecular weight excluding hydrogens is 226 g/mol. The molecule has 0 fully saturated rings. The number of benzene rings is 2. The lowest BCUT2D eigenvalue weighted by Gasteiger charge is -2.17. The molecular formula is C15H19NS. The molecule has 0 bridgehead atoms. The maximum Gasteiger partial charge on any atom is 0.0237 e. The fourth-order valence-electron chi connectivity index (χ4n) is 2.05. The Labute approximate surface area is 108 Å². The summed E-state index contributed by atoms with van der Waals surface area (Å²) in [4.78, 5) is 2.39. The zero-order valence-electron chi connectivity index (χ0n) is 10.5. The first-order valence-corrected chi connectivity index (χ1v) is 7.35. The monoisotopic (exact) mass is 245 g/mol. The predicted octanol–water partition coefficient (Wildman–Crippen LogP) is 3.63. The van der Waals surface area contributed by atoms with E-state index in [2.05, 4.69) is 60.7 Å². The summed E-state index contributed by atoms with van der Waals surface area (Å²) in [6.45, 7) is 2.17. The van der Waals surface area contributed by atoms with Crippen LogP contribution in [0.3, 0.4) is 0 Å². The third-order valence-electron chi connectivity index (χ3n) is 3.00. The van der Waals surface area contributed by atoms with Crippen LogP contribution in [0.4, 0.5) is 0 Å². The summed E-state index contributed by atoms with van der Waals surface area (Å²) in [5.41, 5.74) is 1.42. The maximum atomic E-state index is 2.39. The molecule has 0 aliphatic rings. The van der Waals surface area contributed by atoms with Crippen molar-refractivity contribution in [2.24, 2.45) is 0 Å². The van der Waals surface area contributed by atoms with Crippen molar-refractivity contribution in [1.82, 2.24) is 4.90 Å². The lowest BCUT2D eigenvalue weighted by Crippen LogP contribution is -2.20. The van der Waals surface area contributed by atoms with Gasteiger partial charge in [0.15, 0.2) is 0 Å². The Hall–Kier alpha value is -0.990. The van der Waals surface area contributed by atoms with E-state index >= 15 is 0 Å². The van der Waals surface area contributed by atoms with Gasteiger partial charge in [0, 0.05) is 18.8 Å². The Morgan fingerprint density at radius 2 is 1.82 bits per heavy atom. The van der Waals surface area contributed by atoms with E-state index in [0.29, 0.717) is 0 Å². The molecule has 0 aliphatic carbocycles. The average Bonchev–Trinajstić information content (AvgIpc) is 2.37. The van der Waals surface area contributed by atoms with E-state index in [-0.39, 0.29) is 0 Å². The quantitative estimate of drug-likeness (QED) is 0.791. The van der Waals surface area contributed by atoms with Crippen molar-refractivity contribution < 1.29 is 0 Å². The third-order valence-corrected chi connectivity index (χ3v) is 3.59. The van der Waals surface area contributed by atoms with Gasteiger partial charge < -0.3 is 4.90 Å². The molecule has 0 aliphatic heterocycles. The molecule has 0 unspecified atom stereocenters. The average molecular weight is 245 g/mol. The van der Waals surface area contributed by atoms with Crippen LogP contribution in [0.2, 0.25) is 0 Å². The summed E-state index contributed by atoms with van der Waals surface area (Å²) in [6, 6.07) is 15.2. The zero-order chi connectivity index (χ0) is 12.1. The van der Waals surface area contributed by atoms with Crippen LogP contribution in [0.1, 0.15) is 5.56 Å². The summed E-state index contributed by atoms with van der Waals surface area (Å²) < 4.78 is 0. The Kier molecular flexibility index (Phi) is 4.46. The van der Waals surface area contributed by atoms with Crippen LogP contribution in [0.15, 0.2) is 42.5 Å². The summed E-state index contributed by atoms with van der Waals surface area (Å²) in [7, 11) is 2.19. The fraction of sp³-hybridized carbons (Fsp3) is 0.333. The summed E-state index contributed by atoms with van der Waals surface area (Å²) in [5, 5.41) is 2.72. The summed E-state index contributed by atoms with van der Waals surface area (Å²) in [6.07, 6.45) is 2.16. The van der Waals surface area contributed by atoms with E-state index < -0.39 is 0 Å². The number of thioether (sulfide) groups is 1. The van der Waals surface area contributed by atoms with Crippen LogP contribution in [-0.4, -0.2) is 30.5 Å². The molecule has 2 heteroatoms. The van der Waals surface area contributed by atoms with Gasteiger partial charge in [0.05, 0.1) is 0 Å². The normalized spacial score (nSPS) is 11.2. The lowest BCUT2D eigenvalue weighted by molar-refractivity contribution is 0.350. The first kappa shape index (κ1) is 12.5. The summed E-state index contributed by atoms with van der Waals surface area (Å²) in [5.74, 6) is 1.20. The van der Waals surface area contributed by atoms with Gasteiger partial charge in [0.25, 0.3) is 0 Å². The van der Waals surface area contributed by atoms with E-state index in [1.165, 1.54) is 22.1 Å². The number of hydrogen-bond acceptors (Lipinski definition) is 2. The second kappa shape index (κ2) is 6.08. The third kappa shape index (κ3) is 3.24. The SMILES string of the molecule is CSCCN(C)Cc1cccc2ccccc12. The maximum absolute atomic E-state index is 2.39. The lowest BCUT2D eigenvalue weighted by atomic mass is 10.0. The highest BCUT2D eigenvalue weighted by Gasteiger charge is 2.03. The van der Waals surface area contributed by atoms with Crippen molar-refractivity contribution >= 4 is 22.5 Å². The molecule has 2 rings (SSSR count). The van der Waals surface area contributed by atoms with E-state index in [1.54, 1.807) is 0 Å². The highest BCUT2D eigenvalue weighted by Crippen LogP contribution is 2.19. The molecule has 0 amide bonds. The largest absolute Gasteiger partial charge is 0.301 e. The van der Waals surface area contributed by atoms with Crippen LogP contribution in [0.5, 0.6) is 0 Å². The molecule has 0 heterocycles. The van der Waals surface area contributed by atoms with Crippen molar-refractivity contribution in [2.75, 3.05) is 25.6 Å². The molecule has 0 N–H and O–H groups in total. The Morgan fingerprint density at radius 1 is 1.06 bits per heavy atom. The summed E-state index contributed by atoms with van der Waals surface area (Å²) >= 11 is 1.90. The molecule has 2 aromatic carbocycles. The first-order chi connectivity index (χ1) is 8.31. The number of nitrogens with zero attached hydrogens (tertiary/aromatic N) is 1. The van der Waals surface area contributed by atoms with Gasteiger partial charge in [-0.15, -0.1) is 0 Å². The van der Waals surface area contributed by atoms with Gasteiger partial charge >= 0.3 is 0 Å². The van der Waals surface area contributed by atoms with Gasteiger partial charge in [-0.2, -0.15) is 11.8 Å². The highest BCUT2D eigenvalue weighted by atomic mass is 32.2. The van der Waals surface area contributed by atoms with Crippen molar-refractivity contribution in [2.45, 2.75) is 6.54 Å². The van der Waals surface area contributed by atoms with Crippen LogP contribution >= 0.6 is 11.8 Å². The van der Waals surface area contributed by atoms with E-state index in [9.17, 15) is 0 Å². The minimum absolute atomic E-state index is 1.03. The second-order valence-corrected chi connectivity index (χ2v) is 5.35. The van der Waals surface area contributed by atoms with Crippen LogP contribution in [0, 0.1) is 0 Å². The number of hydrogen-bond donors (Lipinski definition) is 0. The van der Waals surface area contributed by atoms with E-state index in [0.717, 1.165) is 13.1 Å².